The zero-order valence-electron chi connectivity index (χ0n) is 12.2. The van der Waals surface area contributed by atoms with Crippen LogP contribution in [0.5, 0.6) is 0 Å². The molecule has 0 N–H and O–H groups in total. The Labute approximate surface area is 111 Å². The SMILES string of the molecule is CC(C)=CC(=O)CCc1ccc(C(C)(C)C)cc1. The van der Waals surface area contributed by atoms with E-state index in [0.29, 0.717) is 6.42 Å². The molecule has 1 rings (SSSR count). The summed E-state index contributed by atoms with van der Waals surface area (Å²) in [5.41, 5.74) is 3.83. The van der Waals surface area contributed by atoms with E-state index in [1.54, 1.807) is 6.08 Å². The highest BCUT2D eigenvalue weighted by Crippen LogP contribution is 2.22. The van der Waals surface area contributed by atoms with Crippen molar-refractivity contribution >= 4 is 5.78 Å². The van der Waals surface area contributed by atoms with Crippen molar-refractivity contribution in [3.63, 3.8) is 0 Å². The summed E-state index contributed by atoms with van der Waals surface area (Å²) in [5.74, 6) is 0.217. The van der Waals surface area contributed by atoms with E-state index in [1.807, 2.05) is 13.8 Å². The molecule has 0 fully saturated rings. The topological polar surface area (TPSA) is 17.1 Å². The highest BCUT2D eigenvalue weighted by Gasteiger charge is 2.12. The van der Waals surface area contributed by atoms with Gasteiger partial charge >= 0.3 is 0 Å². The summed E-state index contributed by atoms with van der Waals surface area (Å²) in [6.45, 7) is 10.5. The van der Waals surface area contributed by atoms with Gasteiger partial charge in [0.15, 0.2) is 5.78 Å². The number of carbonyl (C=O) groups is 1. The van der Waals surface area contributed by atoms with E-state index in [1.165, 1.54) is 11.1 Å². The van der Waals surface area contributed by atoms with Gasteiger partial charge in [-0.25, -0.2) is 0 Å². The van der Waals surface area contributed by atoms with Crippen molar-refractivity contribution in [3.8, 4) is 0 Å². The predicted octanol–water partition coefficient (Wildman–Crippen LogP) is 4.45. The summed E-state index contributed by atoms with van der Waals surface area (Å²) in [4.78, 5) is 11.6. The third kappa shape index (κ3) is 4.87. The van der Waals surface area contributed by atoms with Crippen LogP contribution in [0.3, 0.4) is 0 Å². The lowest BCUT2D eigenvalue weighted by molar-refractivity contribution is -0.114. The van der Waals surface area contributed by atoms with E-state index >= 15 is 0 Å². The number of hydrogen-bond donors (Lipinski definition) is 0. The molecule has 0 bridgehead atoms. The first-order valence-corrected chi connectivity index (χ1v) is 6.56. The fourth-order valence-corrected chi connectivity index (χ4v) is 1.83. The molecular weight excluding hydrogens is 220 g/mol. The second-order valence-corrected chi connectivity index (χ2v) is 6.13. The third-order valence-electron chi connectivity index (χ3n) is 2.93. The Balaban J connectivity index is 2.60. The summed E-state index contributed by atoms with van der Waals surface area (Å²) in [5, 5.41) is 0. The summed E-state index contributed by atoms with van der Waals surface area (Å²) in [6, 6.07) is 8.61. The Kier molecular flexibility index (Phi) is 4.89. The maximum absolute atomic E-state index is 11.6. The van der Waals surface area contributed by atoms with Gasteiger partial charge in [-0.3, -0.25) is 4.79 Å². The molecule has 1 nitrogen and oxygen atoms in total. The van der Waals surface area contributed by atoms with Crippen LogP contribution in [0.4, 0.5) is 0 Å². The van der Waals surface area contributed by atoms with E-state index in [9.17, 15) is 4.79 Å². The summed E-state index contributed by atoms with van der Waals surface area (Å²) < 4.78 is 0. The van der Waals surface area contributed by atoms with E-state index in [0.717, 1.165) is 12.0 Å². The molecular formula is C17H24O. The van der Waals surface area contributed by atoms with Crippen LogP contribution in [-0.4, -0.2) is 5.78 Å². The first kappa shape index (κ1) is 14.7. The lowest BCUT2D eigenvalue weighted by Crippen LogP contribution is -2.10. The van der Waals surface area contributed by atoms with Gasteiger partial charge in [-0.15, -0.1) is 0 Å². The van der Waals surface area contributed by atoms with Gasteiger partial charge in [0.25, 0.3) is 0 Å². The maximum Gasteiger partial charge on any atom is 0.155 e. The summed E-state index contributed by atoms with van der Waals surface area (Å²) >= 11 is 0. The monoisotopic (exact) mass is 244 g/mol. The van der Waals surface area contributed by atoms with Crippen molar-refractivity contribution in [2.75, 3.05) is 0 Å². The Morgan fingerprint density at radius 2 is 1.67 bits per heavy atom. The Morgan fingerprint density at radius 3 is 2.11 bits per heavy atom. The number of hydrogen-bond acceptors (Lipinski definition) is 1. The Bertz CT molecular complexity index is 426. The molecule has 1 aromatic carbocycles. The van der Waals surface area contributed by atoms with Gasteiger partial charge in [0.05, 0.1) is 0 Å². The molecule has 0 aromatic heterocycles. The van der Waals surface area contributed by atoms with E-state index in [4.69, 9.17) is 0 Å². The van der Waals surface area contributed by atoms with Crippen LogP contribution in [0.2, 0.25) is 0 Å². The second kappa shape index (κ2) is 5.99. The van der Waals surface area contributed by atoms with Crippen LogP contribution in [-0.2, 0) is 16.6 Å². The smallest absolute Gasteiger partial charge is 0.155 e. The van der Waals surface area contributed by atoms with Crippen molar-refractivity contribution in [3.05, 3.63) is 47.0 Å². The molecule has 0 unspecified atom stereocenters. The third-order valence-corrected chi connectivity index (χ3v) is 2.93. The van der Waals surface area contributed by atoms with Crippen LogP contribution in [0.15, 0.2) is 35.9 Å². The van der Waals surface area contributed by atoms with E-state index in [2.05, 4.69) is 45.0 Å². The van der Waals surface area contributed by atoms with Crippen molar-refractivity contribution in [1.82, 2.24) is 0 Å². The molecule has 0 spiro atoms. The van der Waals surface area contributed by atoms with Crippen LogP contribution >= 0.6 is 0 Å². The molecule has 0 aliphatic carbocycles. The second-order valence-electron chi connectivity index (χ2n) is 6.13. The number of ketones is 1. The highest BCUT2D eigenvalue weighted by molar-refractivity contribution is 5.90. The predicted molar refractivity (Wildman–Crippen MR) is 77.9 cm³/mol. The van der Waals surface area contributed by atoms with E-state index < -0.39 is 0 Å². The van der Waals surface area contributed by atoms with Gasteiger partial charge in [-0.05, 0) is 42.9 Å². The number of rotatable bonds is 4. The first-order valence-electron chi connectivity index (χ1n) is 6.56. The van der Waals surface area contributed by atoms with Gasteiger partial charge in [-0.1, -0.05) is 50.6 Å². The van der Waals surface area contributed by atoms with Crippen molar-refractivity contribution in [2.24, 2.45) is 0 Å². The largest absolute Gasteiger partial charge is 0.295 e. The fraction of sp³-hybridized carbons (Fsp3) is 0.471. The van der Waals surface area contributed by atoms with Crippen LogP contribution in [0.25, 0.3) is 0 Å². The van der Waals surface area contributed by atoms with Gasteiger partial charge in [0.1, 0.15) is 0 Å². The van der Waals surface area contributed by atoms with E-state index in [-0.39, 0.29) is 11.2 Å². The number of allylic oxidation sites excluding steroid dienone is 2. The number of carbonyl (C=O) groups excluding carboxylic acids is 1. The fourth-order valence-electron chi connectivity index (χ4n) is 1.83. The molecule has 18 heavy (non-hydrogen) atoms. The molecule has 0 aliphatic heterocycles. The minimum absolute atomic E-state index is 0.191. The molecule has 0 aliphatic rings. The van der Waals surface area contributed by atoms with Crippen LogP contribution in [0.1, 0.15) is 52.2 Å². The molecule has 0 amide bonds. The quantitative estimate of drug-likeness (QED) is 0.715. The standard InChI is InChI=1S/C17H24O/c1-13(2)12-16(18)11-8-14-6-9-15(10-7-14)17(3,4)5/h6-7,9-10,12H,8,11H2,1-5H3. The first-order chi connectivity index (χ1) is 8.29. The van der Waals surface area contributed by atoms with Gasteiger partial charge in [0, 0.05) is 6.42 Å². The molecule has 0 radical (unpaired) electrons. The van der Waals surface area contributed by atoms with Crippen molar-refractivity contribution in [2.45, 2.75) is 52.9 Å². The van der Waals surface area contributed by atoms with Crippen LogP contribution < -0.4 is 0 Å². The van der Waals surface area contributed by atoms with Gasteiger partial charge in [0.2, 0.25) is 0 Å². The molecule has 0 atom stereocenters. The van der Waals surface area contributed by atoms with Crippen molar-refractivity contribution in [1.29, 1.82) is 0 Å². The van der Waals surface area contributed by atoms with Gasteiger partial charge < -0.3 is 0 Å². The van der Waals surface area contributed by atoms with Gasteiger partial charge in [-0.2, -0.15) is 0 Å². The molecule has 98 valence electrons. The Hall–Kier alpha value is -1.37. The number of aryl methyl sites for hydroxylation is 1. The molecule has 1 heteroatoms. The molecule has 0 saturated heterocycles. The lowest BCUT2D eigenvalue weighted by Gasteiger charge is -2.19. The maximum atomic E-state index is 11.6. The molecule has 0 heterocycles. The normalized spacial score (nSPS) is 11.2. The lowest BCUT2D eigenvalue weighted by atomic mass is 9.86. The minimum atomic E-state index is 0.191. The summed E-state index contributed by atoms with van der Waals surface area (Å²) in [7, 11) is 0. The average molecular weight is 244 g/mol. The van der Waals surface area contributed by atoms with Crippen LogP contribution in [0, 0.1) is 0 Å². The molecule has 1 aromatic rings. The zero-order chi connectivity index (χ0) is 13.8. The average Bonchev–Trinajstić information content (AvgIpc) is 2.25. The summed E-state index contributed by atoms with van der Waals surface area (Å²) in [6.07, 6.45) is 3.15. The highest BCUT2D eigenvalue weighted by atomic mass is 16.1. The minimum Gasteiger partial charge on any atom is -0.295 e. The number of benzene rings is 1. The molecule has 0 saturated carbocycles. The van der Waals surface area contributed by atoms with Crippen molar-refractivity contribution < 1.29 is 4.79 Å². The Morgan fingerprint density at radius 1 is 1.11 bits per heavy atom. The zero-order valence-corrected chi connectivity index (χ0v) is 12.2.